The molecule has 1 aliphatic heterocycles. The molecule has 27 heavy (non-hydrogen) atoms. The number of ether oxygens (including phenoxy) is 2. The van der Waals surface area contributed by atoms with Crippen LogP contribution in [0, 0.1) is 0 Å². The number of hydrogen-bond donors (Lipinski definition) is 1. The fraction of sp³-hybridized carbons (Fsp3) is 0.478. The van der Waals surface area contributed by atoms with E-state index in [4.69, 9.17) is 9.47 Å². The van der Waals surface area contributed by atoms with E-state index < -0.39 is 6.10 Å². The summed E-state index contributed by atoms with van der Waals surface area (Å²) in [5, 5.41) is 10.3. The van der Waals surface area contributed by atoms with Crippen LogP contribution in [0.25, 0.3) is 0 Å². The Morgan fingerprint density at radius 3 is 2.63 bits per heavy atom. The Bertz CT molecular complexity index is 698. The van der Waals surface area contributed by atoms with Gasteiger partial charge in [0.25, 0.3) is 0 Å². The van der Waals surface area contributed by atoms with E-state index in [9.17, 15) is 5.11 Å². The SMILES string of the molecule is COc1cccc(CCc2ccccc2OC[C@@H](O)CN2CCCCC2)c1. The Morgan fingerprint density at radius 1 is 1.00 bits per heavy atom. The van der Waals surface area contributed by atoms with Crippen molar-refractivity contribution in [3.05, 3.63) is 59.7 Å². The zero-order valence-corrected chi connectivity index (χ0v) is 16.3. The van der Waals surface area contributed by atoms with Crippen LogP contribution < -0.4 is 9.47 Å². The number of para-hydroxylation sites is 1. The van der Waals surface area contributed by atoms with Crippen LogP contribution in [-0.4, -0.2) is 49.5 Å². The van der Waals surface area contributed by atoms with Crippen LogP contribution >= 0.6 is 0 Å². The molecular formula is C23H31NO3. The third kappa shape index (κ3) is 6.26. The van der Waals surface area contributed by atoms with Gasteiger partial charge in [-0.25, -0.2) is 0 Å². The summed E-state index contributed by atoms with van der Waals surface area (Å²) in [6.45, 7) is 3.22. The zero-order chi connectivity index (χ0) is 18.9. The largest absolute Gasteiger partial charge is 0.497 e. The van der Waals surface area contributed by atoms with Crippen molar-refractivity contribution < 1.29 is 14.6 Å². The number of piperidine rings is 1. The van der Waals surface area contributed by atoms with Gasteiger partial charge < -0.3 is 19.5 Å². The van der Waals surface area contributed by atoms with E-state index >= 15 is 0 Å². The van der Waals surface area contributed by atoms with Crippen LogP contribution in [0.1, 0.15) is 30.4 Å². The highest BCUT2D eigenvalue weighted by Crippen LogP contribution is 2.22. The maximum Gasteiger partial charge on any atom is 0.122 e. The second kappa shape index (κ2) is 10.3. The van der Waals surface area contributed by atoms with Gasteiger partial charge in [-0.3, -0.25) is 0 Å². The highest BCUT2D eigenvalue weighted by atomic mass is 16.5. The van der Waals surface area contributed by atoms with Gasteiger partial charge in [0.15, 0.2) is 0 Å². The van der Waals surface area contributed by atoms with Crippen molar-refractivity contribution in [2.45, 2.75) is 38.2 Å². The van der Waals surface area contributed by atoms with E-state index in [1.54, 1.807) is 7.11 Å². The number of β-amino-alcohol motifs (C(OH)–C–C–N with tert-alkyl or cyclic N) is 1. The van der Waals surface area contributed by atoms with E-state index in [0.29, 0.717) is 13.2 Å². The molecule has 146 valence electrons. The lowest BCUT2D eigenvalue weighted by atomic mass is 10.0. The molecule has 1 atom stereocenters. The molecule has 1 heterocycles. The van der Waals surface area contributed by atoms with Gasteiger partial charge in [0, 0.05) is 6.54 Å². The molecule has 1 N–H and O–H groups in total. The second-order valence-corrected chi connectivity index (χ2v) is 7.29. The quantitative estimate of drug-likeness (QED) is 0.732. The molecule has 2 aromatic rings. The van der Waals surface area contributed by atoms with Crippen molar-refractivity contribution in [2.24, 2.45) is 0 Å². The van der Waals surface area contributed by atoms with Crippen LogP contribution in [0.2, 0.25) is 0 Å². The Balaban J connectivity index is 1.52. The molecule has 4 heteroatoms. The minimum atomic E-state index is -0.449. The minimum absolute atomic E-state index is 0.340. The fourth-order valence-corrected chi connectivity index (χ4v) is 3.64. The van der Waals surface area contributed by atoms with Gasteiger partial charge in [-0.15, -0.1) is 0 Å². The van der Waals surface area contributed by atoms with Crippen LogP contribution in [0.3, 0.4) is 0 Å². The van der Waals surface area contributed by atoms with Gasteiger partial charge in [0.1, 0.15) is 24.2 Å². The number of rotatable bonds is 9. The van der Waals surface area contributed by atoms with Crippen molar-refractivity contribution in [2.75, 3.05) is 33.4 Å². The third-order valence-corrected chi connectivity index (χ3v) is 5.14. The maximum absolute atomic E-state index is 10.3. The minimum Gasteiger partial charge on any atom is -0.497 e. The number of aryl methyl sites for hydroxylation is 2. The predicted molar refractivity (Wildman–Crippen MR) is 109 cm³/mol. The second-order valence-electron chi connectivity index (χ2n) is 7.29. The average Bonchev–Trinajstić information content (AvgIpc) is 2.72. The predicted octanol–water partition coefficient (Wildman–Crippen LogP) is 3.71. The summed E-state index contributed by atoms with van der Waals surface area (Å²) in [6, 6.07) is 16.3. The van der Waals surface area contributed by atoms with E-state index in [2.05, 4.69) is 23.1 Å². The standard InChI is InChI=1S/C23H31NO3/c1-26-22-10-7-8-19(16-22)12-13-20-9-3-4-11-23(20)27-18-21(25)17-24-14-5-2-6-15-24/h3-4,7-11,16,21,25H,2,5-6,12-15,17-18H2,1H3/t21-/m0/s1. The Kier molecular flexibility index (Phi) is 7.55. The van der Waals surface area contributed by atoms with E-state index in [1.165, 1.54) is 30.4 Å². The summed E-state index contributed by atoms with van der Waals surface area (Å²) in [5.74, 6) is 1.76. The molecule has 1 aliphatic rings. The first-order valence-corrected chi connectivity index (χ1v) is 9.98. The number of hydrogen-bond acceptors (Lipinski definition) is 4. The summed E-state index contributed by atoms with van der Waals surface area (Å²) in [5.41, 5.74) is 2.42. The molecule has 0 aliphatic carbocycles. The van der Waals surface area contributed by atoms with Crippen LogP contribution in [0.15, 0.2) is 48.5 Å². The molecule has 0 aromatic heterocycles. The van der Waals surface area contributed by atoms with Crippen molar-refractivity contribution >= 4 is 0 Å². The normalized spacial score (nSPS) is 16.1. The Morgan fingerprint density at radius 2 is 1.81 bits per heavy atom. The van der Waals surface area contributed by atoms with Crippen LogP contribution in [-0.2, 0) is 12.8 Å². The molecule has 0 saturated carbocycles. The lowest BCUT2D eigenvalue weighted by molar-refractivity contribution is 0.0614. The first-order chi connectivity index (χ1) is 13.2. The summed E-state index contributed by atoms with van der Waals surface area (Å²) < 4.78 is 11.3. The zero-order valence-electron chi connectivity index (χ0n) is 16.3. The monoisotopic (exact) mass is 369 g/mol. The lowest BCUT2D eigenvalue weighted by Gasteiger charge is -2.28. The van der Waals surface area contributed by atoms with Gasteiger partial charge >= 0.3 is 0 Å². The van der Waals surface area contributed by atoms with Crippen LogP contribution in [0.5, 0.6) is 11.5 Å². The van der Waals surface area contributed by atoms with Gasteiger partial charge in [-0.1, -0.05) is 36.8 Å². The maximum atomic E-state index is 10.3. The van der Waals surface area contributed by atoms with Gasteiger partial charge in [0.2, 0.25) is 0 Å². The molecule has 1 saturated heterocycles. The average molecular weight is 370 g/mol. The Labute approximate surface area is 162 Å². The molecule has 1 fully saturated rings. The number of nitrogens with zero attached hydrogens (tertiary/aromatic N) is 1. The third-order valence-electron chi connectivity index (χ3n) is 5.14. The summed E-state index contributed by atoms with van der Waals surface area (Å²) >= 11 is 0. The molecule has 3 rings (SSSR count). The fourth-order valence-electron chi connectivity index (χ4n) is 3.64. The number of methoxy groups -OCH3 is 1. The van der Waals surface area contributed by atoms with Gasteiger partial charge in [0.05, 0.1) is 7.11 Å². The molecule has 0 radical (unpaired) electrons. The van der Waals surface area contributed by atoms with Crippen molar-refractivity contribution in [1.29, 1.82) is 0 Å². The van der Waals surface area contributed by atoms with Crippen molar-refractivity contribution in [3.8, 4) is 11.5 Å². The van der Waals surface area contributed by atoms with Crippen molar-refractivity contribution in [1.82, 2.24) is 4.90 Å². The highest BCUT2D eigenvalue weighted by Gasteiger charge is 2.15. The first kappa shape index (κ1) is 19.7. The first-order valence-electron chi connectivity index (χ1n) is 9.98. The Hall–Kier alpha value is -2.04. The lowest BCUT2D eigenvalue weighted by Crippen LogP contribution is -2.38. The highest BCUT2D eigenvalue weighted by molar-refractivity contribution is 5.35. The number of benzene rings is 2. The van der Waals surface area contributed by atoms with Gasteiger partial charge in [-0.2, -0.15) is 0 Å². The molecule has 4 nitrogen and oxygen atoms in total. The van der Waals surface area contributed by atoms with E-state index in [0.717, 1.165) is 37.4 Å². The molecular weight excluding hydrogens is 338 g/mol. The number of aliphatic hydroxyl groups is 1. The van der Waals surface area contributed by atoms with Crippen LogP contribution in [0.4, 0.5) is 0 Å². The van der Waals surface area contributed by atoms with E-state index in [-0.39, 0.29) is 0 Å². The summed E-state index contributed by atoms with van der Waals surface area (Å²) in [7, 11) is 1.69. The van der Waals surface area contributed by atoms with Crippen molar-refractivity contribution in [3.63, 3.8) is 0 Å². The number of likely N-dealkylation sites (tertiary alicyclic amines) is 1. The summed E-state index contributed by atoms with van der Waals surface area (Å²) in [6.07, 6.45) is 5.15. The molecule has 0 amide bonds. The topological polar surface area (TPSA) is 41.9 Å². The summed E-state index contributed by atoms with van der Waals surface area (Å²) in [4.78, 5) is 2.34. The molecule has 0 spiro atoms. The molecule has 2 aromatic carbocycles. The smallest absolute Gasteiger partial charge is 0.122 e. The molecule has 0 unspecified atom stereocenters. The molecule has 0 bridgehead atoms. The number of aliphatic hydroxyl groups excluding tert-OH is 1. The van der Waals surface area contributed by atoms with Gasteiger partial charge in [-0.05, 0) is 68.1 Å². The van der Waals surface area contributed by atoms with E-state index in [1.807, 2.05) is 30.3 Å².